The van der Waals surface area contributed by atoms with Crippen LogP contribution in [-0.4, -0.2) is 0 Å². The molecule has 0 saturated carbocycles. The molecule has 4 heavy (non-hydrogen) atoms. The smallest absolute Gasteiger partial charge is 0 e. The van der Waals surface area contributed by atoms with Crippen molar-refractivity contribution in [2.75, 3.05) is 0 Å². The van der Waals surface area contributed by atoms with E-state index in [1.165, 1.54) is 0 Å². The first kappa shape index (κ1) is 9.32. The van der Waals surface area contributed by atoms with Gasteiger partial charge in [-0.3, -0.25) is 0 Å². The van der Waals surface area contributed by atoms with E-state index in [-0.39, 0.29) is 19.5 Å². The second-order valence-corrected chi connectivity index (χ2v) is 2.65. The number of rotatable bonds is 0. The Labute approximate surface area is 54.7 Å². The van der Waals surface area contributed by atoms with E-state index in [4.69, 9.17) is 18.6 Å². The second kappa shape index (κ2) is 8.87. The molecule has 0 aliphatic carbocycles. The quantitative estimate of drug-likeness (QED) is 0.499. The minimum Gasteiger partial charge on any atom is 0 e. The molecule has 0 aliphatic heterocycles. The summed E-state index contributed by atoms with van der Waals surface area (Å²) in [6.07, 6.45) is 0. The first-order valence-corrected chi connectivity index (χ1v) is 4.68. The predicted octanol–water partition coefficient (Wildman–Crippen LogP) is 1.37. The summed E-state index contributed by atoms with van der Waals surface area (Å²) in [7, 11) is 9.78. The maximum absolute atomic E-state index is 4.89. The molecule has 4 heteroatoms. The molecule has 0 heterocycles. The predicted molar refractivity (Wildman–Crippen MR) is 11.7 cm³/mol. The van der Waals surface area contributed by atoms with E-state index in [2.05, 4.69) is 0 Å². The van der Waals surface area contributed by atoms with Crippen LogP contribution in [-0.2, 0) is 36.5 Å². The normalized spacial score (nSPS) is 3.50. The van der Waals surface area contributed by atoms with Gasteiger partial charge in [0.15, 0.2) is 0 Å². The van der Waals surface area contributed by atoms with E-state index < -0.39 is 17.0 Å². The van der Waals surface area contributed by atoms with Gasteiger partial charge < -0.3 is 0 Å². The molecule has 0 unspecified atom stereocenters. The molecule has 0 saturated heterocycles. The van der Waals surface area contributed by atoms with Gasteiger partial charge in [-0.15, -0.1) is 0 Å². The van der Waals surface area contributed by atoms with Crippen molar-refractivity contribution in [1.82, 2.24) is 0 Å². The van der Waals surface area contributed by atoms with Gasteiger partial charge in [0.05, 0.1) is 0 Å². The van der Waals surface area contributed by atoms with Crippen molar-refractivity contribution in [3.63, 3.8) is 0 Å². The van der Waals surface area contributed by atoms with Gasteiger partial charge in [0.2, 0.25) is 0 Å². The van der Waals surface area contributed by atoms with Crippen LogP contribution in [0.15, 0.2) is 0 Å². The van der Waals surface area contributed by atoms with Crippen LogP contribution in [0.5, 0.6) is 0 Å². The molecule has 0 N–H and O–H groups in total. The zero-order valence-electron chi connectivity index (χ0n) is 1.96. The Kier molecular flexibility index (Phi) is 20.7. The summed E-state index contributed by atoms with van der Waals surface area (Å²) in [4.78, 5) is 0. The molecule has 0 fully saturated rings. The van der Waals surface area contributed by atoms with Crippen molar-refractivity contribution < 1.29 is 36.5 Å². The first-order chi connectivity index (χ1) is 1.41. The van der Waals surface area contributed by atoms with Crippen LogP contribution in [0.25, 0.3) is 0 Å². The monoisotopic (exact) mass is 182 g/mol. The Bertz CT molecular complexity index is 6.00. The Morgan fingerprint density at radius 1 is 1.25 bits per heavy atom. The van der Waals surface area contributed by atoms with Gasteiger partial charge in [-0.05, 0) is 0 Å². The van der Waals surface area contributed by atoms with Crippen molar-refractivity contribution in [3.05, 3.63) is 0 Å². The number of hydrogen-bond donors (Lipinski definition) is 0. The maximum Gasteiger partial charge on any atom is 0 e. The summed E-state index contributed by atoms with van der Waals surface area (Å²) in [6, 6.07) is 0. The molecule has 0 bridgehead atoms. The molecule has 0 amide bonds. The van der Waals surface area contributed by atoms with Crippen LogP contribution < -0.4 is 0 Å². The van der Waals surface area contributed by atoms with E-state index in [9.17, 15) is 0 Å². The fourth-order valence-corrected chi connectivity index (χ4v) is 0. The summed E-state index contributed by atoms with van der Waals surface area (Å²) in [5, 5.41) is 0. The Morgan fingerprint density at radius 2 is 1.25 bits per heavy atom. The van der Waals surface area contributed by atoms with Gasteiger partial charge in [-0.1, -0.05) is 0 Å². The van der Waals surface area contributed by atoms with Gasteiger partial charge in [-0.25, -0.2) is 0 Å². The van der Waals surface area contributed by atoms with Crippen molar-refractivity contribution >= 4 is 18.6 Å². The van der Waals surface area contributed by atoms with Crippen molar-refractivity contribution in [1.29, 1.82) is 0 Å². The first-order valence-electron chi connectivity index (χ1n) is 0.378. The molecule has 0 radical (unpaired) electrons. The van der Waals surface area contributed by atoms with Crippen LogP contribution in [0.2, 0.25) is 0 Å². The molecule has 0 aliphatic rings. The van der Waals surface area contributed by atoms with Gasteiger partial charge >= 0.3 is 35.6 Å². The third-order valence-electron chi connectivity index (χ3n) is 0. The van der Waals surface area contributed by atoms with Gasteiger partial charge in [0.1, 0.15) is 0 Å². The standard InChI is InChI=1S/2ClH.Ti.Zn/h2*1H;;/q;;+2;/p-2. The fourth-order valence-electron chi connectivity index (χ4n) is 0. The van der Waals surface area contributed by atoms with Crippen LogP contribution >= 0.6 is 18.6 Å². The van der Waals surface area contributed by atoms with Crippen LogP contribution in [0.4, 0.5) is 0 Å². The third-order valence-corrected chi connectivity index (χ3v) is 0. The van der Waals surface area contributed by atoms with Gasteiger partial charge in [-0.2, -0.15) is 0 Å². The minimum atomic E-state index is -0.556. The largest absolute Gasteiger partial charge is 0 e. The molecule has 0 nitrogen and oxygen atoms in total. The van der Waals surface area contributed by atoms with E-state index in [0.29, 0.717) is 0 Å². The minimum absolute atomic E-state index is 0. The SMILES string of the molecule is [Cl][Ti][Cl].[Zn]. The molecule has 20 valence electrons. The molecule has 0 aromatic carbocycles. The third kappa shape index (κ3) is 9.07. The molecule has 0 aromatic heterocycles. The van der Waals surface area contributed by atoms with Crippen LogP contribution in [0.3, 0.4) is 0 Å². The van der Waals surface area contributed by atoms with E-state index in [1.807, 2.05) is 0 Å². The second-order valence-electron chi connectivity index (χ2n) is 0.0714. The summed E-state index contributed by atoms with van der Waals surface area (Å²) >= 11 is -0.556. The van der Waals surface area contributed by atoms with Crippen molar-refractivity contribution in [3.8, 4) is 0 Å². The van der Waals surface area contributed by atoms with Gasteiger partial charge in [0, 0.05) is 19.5 Å². The number of hydrogen-bond acceptors (Lipinski definition) is 0. The molecule has 0 aromatic rings. The van der Waals surface area contributed by atoms with E-state index in [0.717, 1.165) is 0 Å². The zero-order valence-corrected chi connectivity index (χ0v) is 8.00. The van der Waals surface area contributed by atoms with Gasteiger partial charge in [0.25, 0.3) is 0 Å². The zero-order chi connectivity index (χ0) is 2.71. The van der Waals surface area contributed by atoms with E-state index >= 15 is 0 Å². The Hall–Kier alpha value is 1.92. The average Bonchev–Trinajstić information content (AvgIpc) is 0.918. The van der Waals surface area contributed by atoms with Crippen LogP contribution in [0.1, 0.15) is 0 Å². The average molecular weight is 184 g/mol. The Morgan fingerprint density at radius 3 is 1.25 bits per heavy atom. The summed E-state index contributed by atoms with van der Waals surface area (Å²) < 4.78 is 0. The number of halogens is 2. The Balaban J connectivity index is 0. The molecular formula is Cl2TiZn. The molecule has 0 rings (SSSR count). The summed E-state index contributed by atoms with van der Waals surface area (Å²) in [5.74, 6) is 0. The maximum atomic E-state index is 4.89. The molecule has 0 spiro atoms. The molecule has 0 atom stereocenters. The fraction of sp³-hybridized carbons (Fsp3) is 0. The van der Waals surface area contributed by atoms with Crippen LogP contribution in [0, 0.1) is 0 Å². The van der Waals surface area contributed by atoms with Crippen molar-refractivity contribution in [2.45, 2.75) is 0 Å². The molecular weight excluding hydrogens is 184 g/mol. The van der Waals surface area contributed by atoms with E-state index in [1.54, 1.807) is 0 Å². The summed E-state index contributed by atoms with van der Waals surface area (Å²) in [6.45, 7) is 0. The summed E-state index contributed by atoms with van der Waals surface area (Å²) in [5.41, 5.74) is 0. The van der Waals surface area contributed by atoms with Crippen molar-refractivity contribution in [2.24, 2.45) is 0 Å². The topological polar surface area (TPSA) is 0 Å².